The van der Waals surface area contributed by atoms with Gasteiger partial charge in [0.1, 0.15) is 0 Å². The molecule has 84 valence electrons. The van der Waals surface area contributed by atoms with Gasteiger partial charge in [0.2, 0.25) is 0 Å². The van der Waals surface area contributed by atoms with Gasteiger partial charge in [-0.1, -0.05) is 13.8 Å². The Hall–Kier alpha value is -0.160. The van der Waals surface area contributed by atoms with Gasteiger partial charge in [-0.2, -0.15) is 0 Å². The van der Waals surface area contributed by atoms with E-state index in [0.29, 0.717) is 6.42 Å². The van der Waals surface area contributed by atoms with E-state index in [1.165, 1.54) is 0 Å². The van der Waals surface area contributed by atoms with Gasteiger partial charge in [0.25, 0.3) is 0 Å². The average Bonchev–Trinajstić information content (AvgIpc) is 2.16. The van der Waals surface area contributed by atoms with Crippen LogP contribution in [0.3, 0.4) is 0 Å². The van der Waals surface area contributed by atoms with Crippen molar-refractivity contribution in [1.82, 2.24) is 0 Å². The second kappa shape index (κ2) is 5.07. The van der Waals surface area contributed by atoms with Crippen LogP contribution in [0.15, 0.2) is 0 Å². The van der Waals surface area contributed by atoms with Crippen LogP contribution in [0.2, 0.25) is 0 Å². The predicted octanol–water partition coefficient (Wildman–Crippen LogP) is 1.39. The summed E-state index contributed by atoms with van der Waals surface area (Å²) < 4.78 is 21.2. The van der Waals surface area contributed by atoms with Crippen molar-refractivity contribution in [3.63, 3.8) is 0 Å². The predicted molar refractivity (Wildman–Crippen MR) is 51.9 cm³/mol. The average molecular weight is 204 g/mol. The lowest BCUT2D eigenvalue weighted by molar-refractivity contribution is -0.249. The molecule has 0 bridgehead atoms. The lowest BCUT2D eigenvalue weighted by Gasteiger charge is -2.35. The molecule has 0 N–H and O–H groups in total. The van der Waals surface area contributed by atoms with Crippen molar-refractivity contribution >= 4 is 0 Å². The fourth-order valence-electron chi connectivity index (χ4n) is 1.31. The highest BCUT2D eigenvalue weighted by Crippen LogP contribution is 2.24. The van der Waals surface area contributed by atoms with E-state index in [9.17, 15) is 0 Å². The van der Waals surface area contributed by atoms with Crippen LogP contribution in [0.5, 0.6) is 0 Å². The largest absolute Gasteiger partial charge is 0.356 e. The quantitative estimate of drug-likeness (QED) is 0.648. The van der Waals surface area contributed by atoms with Crippen molar-refractivity contribution in [2.75, 3.05) is 27.4 Å². The van der Waals surface area contributed by atoms with Gasteiger partial charge in [0.05, 0.1) is 13.2 Å². The molecule has 0 aromatic rings. The molecule has 0 unspecified atom stereocenters. The van der Waals surface area contributed by atoms with Crippen LogP contribution in [-0.4, -0.2) is 40.0 Å². The Morgan fingerprint density at radius 3 is 2.14 bits per heavy atom. The topological polar surface area (TPSA) is 36.9 Å². The molecule has 0 aromatic heterocycles. The van der Waals surface area contributed by atoms with Crippen molar-refractivity contribution in [3.05, 3.63) is 0 Å². The third-order valence-corrected chi connectivity index (χ3v) is 2.23. The molecule has 1 saturated heterocycles. The lowest BCUT2D eigenvalue weighted by atomic mass is 9.95. The van der Waals surface area contributed by atoms with Crippen LogP contribution in [0.25, 0.3) is 0 Å². The minimum atomic E-state index is -0.249. The maximum atomic E-state index is 5.55. The molecule has 0 aliphatic carbocycles. The third kappa shape index (κ3) is 3.53. The molecule has 4 heteroatoms. The molecule has 0 amide bonds. The van der Waals surface area contributed by atoms with Crippen LogP contribution in [-0.2, 0) is 18.9 Å². The summed E-state index contributed by atoms with van der Waals surface area (Å²) in [4.78, 5) is 0. The molecule has 1 aliphatic heterocycles. The molecule has 1 aliphatic rings. The van der Waals surface area contributed by atoms with Gasteiger partial charge in [0.15, 0.2) is 12.6 Å². The highest BCUT2D eigenvalue weighted by molar-refractivity contribution is 4.71. The first-order chi connectivity index (χ1) is 6.57. The Morgan fingerprint density at radius 1 is 1.21 bits per heavy atom. The maximum Gasteiger partial charge on any atom is 0.162 e. The fourth-order valence-corrected chi connectivity index (χ4v) is 1.31. The molecule has 1 fully saturated rings. The Bertz CT molecular complexity index is 156. The molecule has 4 nitrogen and oxygen atoms in total. The smallest absolute Gasteiger partial charge is 0.162 e. The minimum Gasteiger partial charge on any atom is -0.356 e. The normalized spacial score (nSPS) is 22.9. The van der Waals surface area contributed by atoms with Gasteiger partial charge < -0.3 is 18.9 Å². The summed E-state index contributed by atoms with van der Waals surface area (Å²) in [6, 6.07) is 0. The van der Waals surface area contributed by atoms with E-state index in [0.717, 1.165) is 13.2 Å². The highest BCUT2D eigenvalue weighted by atomic mass is 16.7. The molecule has 0 saturated carbocycles. The molecule has 14 heavy (non-hydrogen) atoms. The van der Waals surface area contributed by atoms with Gasteiger partial charge in [-0.15, -0.1) is 0 Å². The van der Waals surface area contributed by atoms with Gasteiger partial charge in [-0.3, -0.25) is 0 Å². The first-order valence-corrected chi connectivity index (χ1v) is 4.86. The summed E-state index contributed by atoms with van der Waals surface area (Å²) in [5.41, 5.74) is 0.117. The molecular formula is C10H20O4. The first-order valence-electron chi connectivity index (χ1n) is 4.86. The summed E-state index contributed by atoms with van der Waals surface area (Å²) in [6.45, 7) is 5.68. The molecular weight excluding hydrogens is 184 g/mol. The van der Waals surface area contributed by atoms with Gasteiger partial charge in [-0.25, -0.2) is 0 Å². The second-order valence-corrected chi connectivity index (χ2v) is 4.35. The number of hydrogen-bond donors (Lipinski definition) is 0. The van der Waals surface area contributed by atoms with Gasteiger partial charge in [0, 0.05) is 26.1 Å². The third-order valence-electron chi connectivity index (χ3n) is 2.23. The second-order valence-electron chi connectivity index (χ2n) is 4.35. The summed E-state index contributed by atoms with van der Waals surface area (Å²) >= 11 is 0. The van der Waals surface area contributed by atoms with E-state index in [1.807, 2.05) is 0 Å². The van der Waals surface area contributed by atoms with Gasteiger partial charge >= 0.3 is 0 Å². The van der Waals surface area contributed by atoms with Crippen molar-refractivity contribution in [1.29, 1.82) is 0 Å². The number of rotatable bonds is 4. The van der Waals surface area contributed by atoms with E-state index in [2.05, 4.69) is 13.8 Å². The van der Waals surface area contributed by atoms with E-state index in [-0.39, 0.29) is 18.0 Å². The summed E-state index contributed by atoms with van der Waals surface area (Å²) in [7, 11) is 3.22. The van der Waals surface area contributed by atoms with E-state index >= 15 is 0 Å². The molecule has 1 rings (SSSR count). The zero-order valence-electron chi connectivity index (χ0n) is 9.41. The fraction of sp³-hybridized carbons (Fsp3) is 1.00. The number of methoxy groups -OCH3 is 2. The zero-order valence-corrected chi connectivity index (χ0v) is 9.41. The van der Waals surface area contributed by atoms with Crippen LogP contribution < -0.4 is 0 Å². The van der Waals surface area contributed by atoms with Crippen molar-refractivity contribution in [2.45, 2.75) is 32.8 Å². The van der Waals surface area contributed by atoms with Crippen LogP contribution in [0, 0.1) is 5.41 Å². The first kappa shape index (κ1) is 11.9. The standard InChI is InChI=1S/C10H20O4/c1-10(2)6-13-9(14-7-10)5-8(11-3)12-4/h8-9H,5-7H2,1-4H3. The summed E-state index contributed by atoms with van der Waals surface area (Å²) in [5.74, 6) is 0. The minimum absolute atomic E-state index is 0.117. The SMILES string of the molecule is COC(CC1OCC(C)(C)CO1)OC. The molecule has 0 spiro atoms. The van der Waals surface area contributed by atoms with E-state index in [1.54, 1.807) is 14.2 Å². The Morgan fingerprint density at radius 2 is 1.71 bits per heavy atom. The number of ether oxygens (including phenoxy) is 4. The molecule has 0 atom stereocenters. The zero-order chi connectivity index (χ0) is 10.6. The van der Waals surface area contributed by atoms with Gasteiger partial charge in [-0.05, 0) is 0 Å². The molecule has 0 aromatic carbocycles. The van der Waals surface area contributed by atoms with Crippen LogP contribution in [0.4, 0.5) is 0 Å². The van der Waals surface area contributed by atoms with Crippen LogP contribution in [0.1, 0.15) is 20.3 Å². The van der Waals surface area contributed by atoms with Crippen molar-refractivity contribution in [2.24, 2.45) is 5.41 Å². The number of hydrogen-bond acceptors (Lipinski definition) is 4. The van der Waals surface area contributed by atoms with Crippen molar-refractivity contribution in [3.8, 4) is 0 Å². The lowest BCUT2D eigenvalue weighted by Crippen LogP contribution is -2.39. The maximum absolute atomic E-state index is 5.55. The van der Waals surface area contributed by atoms with Crippen molar-refractivity contribution < 1.29 is 18.9 Å². The molecule has 0 radical (unpaired) electrons. The summed E-state index contributed by atoms with van der Waals surface area (Å²) in [6.07, 6.45) is 0.164. The Balaban J connectivity index is 2.28. The van der Waals surface area contributed by atoms with E-state index in [4.69, 9.17) is 18.9 Å². The molecule has 1 heterocycles. The van der Waals surface area contributed by atoms with E-state index < -0.39 is 0 Å². The Labute approximate surface area is 85.5 Å². The Kier molecular flexibility index (Phi) is 4.31. The summed E-state index contributed by atoms with van der Waals surface area (Å²) in [5, 5.41) is 0. The van der Waals surface area contributed by atoms with Crippen LogP contribution >= 0.6 is 0 Å². The highest BCUT2D eigenvalue weighted by Gasteiger charge is 2.29. The monoisotopic (exact) mass is 204 g/mol.